The van der Waals surface area contributed by atoms with Crippen molar-refractivity contribution in [2.45, 2.75) is 12.8 Å². The number of benzene rings is 6. The van der Waals surface area contributed by atoms with Crippen molar-refractivity contribution in [2.24, 2.45) is 0 Å². The number of hydrogen-bond acceptors (Lipinski definition) is 2. The summed E-state index contributed by atoms with van der Waals surface area (Å²) < 4.78 is 11.3. The van der Waals surface area contributed by atoms with Crippen molar-refractivity contribution < 1.29 is 4.42 Å². The Morgan fingerprint density at radius 3 is 2.48 bits per heavy atom. The molecule has 6 aromatic carbocycles. The monoisotopic (exact) mass is 561 g/mol. The Hall–Kier alpha value is -5.55. The SMILES string of the molecule is C1=C(n2c3cccc4ccc5c(c43)n3c4c(c6ccccc6cc4nc23)B5c2ccccc2)c2c(oc3ccccc23)CC1. The molecule has 0 saturated heterocycles. The molecule has 0 radical (unpaired) electrons. The van der Waals surface area contributed by atoms with E-state index in [1.807, 2.05) is 0 Å². The Labute approximate surface area is 252 Å². The van der Waals surface area contributed by atoms with E-state index in [-0.39, 0.29) is 6.71 Å². The fourth-order valence-electron chi connectivity index (χ4n) is 8.29. The third-order valence-electron chi connectivity index (χ3n) is 9.98. The zero-order valence-corrected chi connectivity index (χ0v) is 23.8. The molecule has 0 amide bonds. The molecule has 4 nitrogen and oxygen atoms in total. The van der Waals surface area contributed by atoms with Crippen molar-refractivity contribution in [2.75, 3.05) is 0 Å². The second-order valence-corrected chi connectivity index (χ2v) is 12.2. The summed E-state index contributed by atoms with van der Waals surface area (Å²) in [6.07, 6.45) is 4.21. The van der Waals surface area contributed by atoms with Gasteiger partial charge in [0.2, 0.25) is 12.5 Å². The predicted octanol–water partition coefficient (Wildman–Crippen LogP) is 7.16. The fourth-order valence-corrected chi connectivity index (χ4v) is 8.29. The summed E-state index contributed by atoms with van der Waals surface area (Å²) in [5.74, 6) is 2.00. The molecule has 2 aliphatic rings. The molecule has 11 rings (SSSR count). The van der Waals surface area contributed by atoms with E-state index in [4.69, 9.17) is 9.40 Å². The van der Waals surface area contributed by atoms with Crippen LogP contribution in [-0.2, 0) is 6.42 Å². The van der Waals surface area contributed by atoms with Gasteiger partial charge in [-0.15, -0.1) is 0 Å². The lowest BCUT2D eigenvalue weighted by Crippen LogP contribution is -2.55. The number of para-hydroxylation sites is 1. The minimum atomic E-state index is 0.0965. The smallest absolute Gasteiger partial charge is 0.247 e. The van der Waals surface area contributed by atoms with E-state index in [0.717, 1.165) is 46.6 Å². The highest BCUT2D eigenvalue weighted by Crippen LogP contribution is 2.41. The predicted molar refractivity (Wildman–Crippen MR) is 182 cm³/mol. The minimum absolute atomic E-state index is 0.0965. The maximum Gasteiger partial charge on any atom is 0.247 e. The number of imidazole rings is 1. The van der Waals surface area contributed by atoms with Gasteiger partial charge in [0.15, 0.2) is 0 Å². The van der Waals surface area contributed by atoms with Crippen LogP contribution >= 0.6 is 0 Å². The summed E-state index contributed by atoms with van der Waals surface area (Å²) in [7, 11) is 0. The molecule has 4 heterocycles. The number of nitrogens with zero attached hydrogens (tertiary/aromatic N) is 3. The van der Waals surface area contributed by atoms with Gasteiger partial charge >= 0.3 is 0 Å². The summed E-state index contributed by atoms with van der Waals surface area (Å²) in [5.41, 5.74) is 11.9. The Morgan fingerprint density at radius 2 is 1.55 bits per heavy atom. The van der Waals surface area contributed by atoms with Crippen molar-refractivity contribution in [1.29, 1.82) is 0 Å². The molecular weight excluding hydrogens is 537 g/mol. The van der Waals surface area contributed by atoms with Gasteiger partial charge in [-0.2, -0.15) is 0 Å². The molecule has 0 bridgehead atoms. The van der Waals surface area contributed by atoms with Gasteiger partial charge in [0.1, 0.15) is 11.3 Å². The maximum atomic E-state index is 6.45. The van der Waals surface area contributed by atoms with Gasteiger partial charge < -0.3 is 4.42 Å². The van der Waals surface area contributed by atoms with E-state index < -0.39 is 0 Å². The highest BCUT2D eigenvalue weighted by molar-refractivity contribution is 7.00. The van der Waals surface area contributed by atoms with Crippen molar-refractivity contribution in [3.63, 3.8) is 0 Å². The Kier molecular flexibility index (Phi) is 4.22. The lowest BCUT2D eigenvalue weighted by atomic mass is 9.35. The molecule has 0 atom stereocenters. The number of aryl methyl sites for hydroxylation is 1. The van der Waals surface area contributed by atoms with Gasteiger partial charge in [-0.1, -0.05) is 109 Å². The second-order valence-electron chi connectivity index (χ2n) is 12.2. The van der Waals surface area contributed by atoms with Gasteiger partial charge in [-0.25, -0.2) is 4.98 Å². The normalized spacial score (nSPS) is 14.3. The maximum absolute atomic E-state index is 6.45. The van der Waals surface area contributed by atoms with E-state index >= 15 is 0 Å². The standard InChI is InChI=1S/C39H24BN3O/c1-2-12-25(13-3-1)40-28-21-20-23-11-8-16-30-34(23)37(28)43-38-29(22-24-10-4-5-14-26(24)36(38)40)41-39(43)42(30)31-17-9-19-33-35(31)27-15-6-7-18-32(27)44-33/h1-8,10-18,20-22H,9,19H2. The molecule has 0 fully saturated rings. The zero-order valence-electron chi connectivity index (χ0n) is 23.8. The lowest BCUT2D eigenvalue weighted by molar-refractivity contribution is 0.544. The highest BCUT2D eigenvalue weighted by atomic mass is 16.3. The molecule has 5 heteroatoms. The molecule has 44 heavy (non-hydrogen) atoms. The van der Waals surface area contributed by atoms with Crippen LogP contribution in [0.4, 0.5) is 0 Å². The first-order chi connectivity index (χ1) is 21.8. The van der Waals surface area contributed by atoms with Crippen molar-refractivity contribution in [3.8, 4) is 0 Å². The quantitative estimate of drug-likeness (QED) is 0.210. The Balaban J connectivity index is 1.39. The molecule has 3 aromatic heterocycles. The van der Waals surface area contributed by atoms with Gasteiger partial charge in [-0.05, 0) is 51.7 Å². The summed E-state index contributed by atoms with van der Waals surface area (Å²) in [4.78, 5) is 5.52. The topological polar surface area (TPSA) is 35.4 Å². The number of rotatable bonds is 2. The van der Waals surface area contributed by atoms with Gasteiger partial charge in [0, 0.05) is 22.8 Å². The average Bonchev–Trinajstić information content (AvgIpc) is 3.65. The average molecular weight is 561 g/mol. The second kappa shape index (κ2) is 8.09. The number of aromatic nitrogens is 3. The fraction of sp³-hybridized carbons (Fsp3) is 0.0513. The molecular formula is C39H24BN3O. The first-order valence-corrected chi connectivity index (χ1v) is 15.4. The van der Waals surface area contributed by atoms with E-state index in [2.05, 4.69) is 130 Å². The third-order valence-corrected chi connectivity index (χ3v) is 9.98. The Bertz CT molecular complexity index is 2730. The zero-order chi connectivity index (χ0) is 28.5. The molecule has 9 aromatic rings. The number of hydrogen-bond donors (Lipinski definition) is 0. The van der Waals surface area contributed by atoms with Crippen LogP contribution in [0.15, 0.2) is 126 Å². The van der Waals surface area contributed by atoms with Crippen LogP contribution in [-0.4, -0.2) is 20.7 Å². The molecule has 204 valence electrons. The number of fused-ring (bicyclic) bond motifs is 5. The van der Waals surface area contributed by atoms with Crippen LogP contribution in [0.3, 0.4) is 0 Å². The molecule has 0 unspecified atom stereocenters. The molecule has 0 N–H and O–H groups in total. The van der Waals surface area contributed by atoms with Crippen LogP contribution in [0.25, 0.3) is 66.1 Å². The highest BCUT2D eigenvalue weighted by Gasteiger charge is 2.36. The number of furan rings is 1. The first kappa shape index (κ1) is 23.0. The molecule has 1 aliphatic carbocycles. The summed E-state index contributed by atoms with van der Waals surface area (Å²) in [5, 5.41) is 6.18. The van der Waals surface area contributed by atoms with Crippen LogP contribution in [0, 0.1) is 0 Å². The van der Waals surface area contributed by atoms with Crippen molar-refractivity contribution in [3.05, 3.63) is 133 Å². The molecule has 0 spiro atoms. The van der Waals surface area contributed by atoms with Crippen LogP contribution in [0.5, 0.6) is 0 Å². The van der Waals surface area contributed by atoms with E-state index in [9.17, 15) is 0 Å². The van der Waals surface area contributed by atoms with Crippen molar-refractivity contribution in [1.82, 2.24) is 14.0 Å². The van der Waals surface area contributed by atoms with Crippen LogP contribution in [0.2, 0.25) is 0 Å². The Morgan fingerprint density at radius 1 is 0.727 bits per heavy atom. The molecule has 0 saturated carbocycles. The van der Waals surface area contributed by atoms with Crippen molar-refractivity contribution >= 4 is 89.2 Å². The van der Waals surface area contributed by atoms with Gasteiger partial charge in [0.25, 0.3) is 0 Å². The minimum Gasteiger partial charge on any atom is -0.460 e. The largest absolute Gasteiger partial charge is 0.460 e. The van der Waals surface area contributed by atoms with E-state index in [1.54, 1.807) is 0 Å². The lowest BCUT2D eigenvalue weighted by Gasteiger charge is -2.28. The van der Waals surface area contributed by atoms with E-state index in [0.29, 0.717) is 0 Å². The summed E-state index contributed by atoms with van der Waals surface area (Å²) >= 11 is 0. The third kappa shape index (κ3) is 2.73. The van der Waals surface area contributed by atoms with Gasteiger partial charge in [0.05, 0.1) is 27.8 Å². The summed E-state index contributed by atoms with van der Waals surface area (Å²) in [6.45, 7) is 0.0965. The number of allylic oxidation sites excluding steroid dienone is 1. The molecule has 1 aliphatic heterocycles. The van der Waals surface area contributed by atoms with Crippen LogP contribution in [0.1, 0.15) is 17.7 Å². The van der Waals surface area contributed by atoms with Gasteiger partial charge in [-0.3, -0.25) is 8.97 Å². The van der Waals surface area contributed by atoms with E-state index in [1.165, 1.54) is 60.0 Å². The van der Waals surface area contributed by atoms with Crippen LogP contribution < -0.4 is 16.4 Å². The summed E-state index contributed by atoms with van der Waals surface area (Å²) in [6, 6.07) is 41.9. The first-order valence-electron chi connectivity index (χ1n) is 15.4.